The van der Waals surface area contributed by atoms with Crippen molar-refractivity contribution in [2.45, 2.75) is 25.1 Å². The number of carbonyl (C=O) groups is 1. The van der Waals surface area contributed by atoms with Gasteiger partial charge in [0.15, 0.2) is 0 Å². The maximum Gasteiger partial charge on any atom is 0.324 e. The number of hydrogen-bond acceptors (Lipinski definition) is 5. The van der Waals surface area contributed by atoms with E-state index in [1.807, 2.05) is 13.0 Å². The van der Waals surface area contributed by atoms with Gasteiger partial charge in [-0.05, 0) is 36.6 Å². The molecule has 1 atom stereocenters. The number of aromatic nitrogens is 1. The number of methoxy groups -OCH3 is 1. The Kier molecular flexibility index (Phi) is 6.05. The predicted molar refractivity (Wildman–Crippen MR) is 90.7 cm³/mol. The molecule has 0 saturated carbocycles. The van der Waals surface area contributed by atoms with E-state index in [1.165, 1.54) is 7.11 Å². The van der Waals surface area contributed by atoms with Gasteiger partial charge in [0.2, 0.25) is 10.0 Å². The lowest BCUT2D eigenvalue weighted by molar-refractivity contribution is -0.142. The quantitative estimate of drug-likeness (QED) is 0.768. The van der Waals surface area contributed by atoms with E-state index >= 15 is 0 Å². The molecule has 0 aliphatic heterocycles. The van der Waals surface area contributed by atoms with Crippen molar-refractivity contribution in [3.05, 3.63) is 65.5 Å². The van der Waals surface area contributed by atoms with E-state index in [0.717, 1.165) is 11.1 Å². The highest BCUT2D eigenvalue weighted by Crippen LogP contribution is 2.10. The summed E-state index contributed by atoms with van der Waals surface area (Å²) in [5, 5.41) is 0. The summed E-state index contributed by atoms with van der Waals surface area (Å²) in [5.74, 6) is -0.821. The monoisotopic (exact) mass is 348 g/mol. The van der Waals surface area contributed by atoms with Crippen LogP contribution in [0, 0.1) is 6.92 Å². The minimum Gasteiger partial charge on any atom is -0.468 e. The maximum atomic E-state index is 12.4. The fraction of sp³-hybridized carbons (Fsp3) is 0.294. The third kappa shape index (κ3) is 5.43. The second kappa shape index (κ2) is 8.03. The molecule has 0 amide bonds. The van der Waals surface area contributed by atoms with Crippen LogP contribution in [0.2, 0.25) is 0 Å². The molecule has 1 unspecified atom stereocenters. The van der Waals surface area contributed by atoms with Gasteiger partial charge in [-0.25, -0.2) is 13.1 Å². The number of aryl methyl sites for hydroxylation is 1. The first-order valence-corrected chi connectivity index (χ1v) is 9.07. The van der Waals surface area contributed by atoms with E-state index in [1.54, 1.807) is 42.7 Å². The van der Waals surface area contributed by atoms with Gasteiger partial charge in [-0.1, -0.05) is 29.8 Å². The average molecular weight is 348 g/mol. The molecule has 0 aliphatic carbocycles. The van der Waals surface area contributed by atoms with Crippen LogP contribution >= 0.6 is 0 Å². The lowest BCUT2D eigenvalue weighted by Gasteiger charge is -2.17. The van der Waals surface area contributed by atoms with Crippen molar-refractivity contribution in [3.8, 4) is 0 Å². The summed E-state index contributed by atoms with van der Waals surface area (Å²) in [6.45, 7) is 1.89. The molecule has 0 aliphatic rings. The molecule has 1 N–H and O–H groups in total. The number of rotatable bonds is 7. The molecular formula is C17H20N2O4S. The van der Waals surface area contributed by atoms with Crippen LogP contribution in [0.5, 0.6) is 0 Å². The second-order valence-corrected chi connectivity index (χ2v) is 7.26. The Morgan fingerprint density at radius 2 is 1.92 bits per heavy atom. The minimum atomic E-state index is -3.69. The smallest absolute Gasteiger partial charge is 0.324 e. The number of pyridine rings is 1. The molecule has 6 nitrogen and oxygen atoms in total. The van der Waals surface area contributed by atoms with Gasteiger partial charge < -0.3 is 4.74 Å². The third-order valence-corrected chi connectivity index (χ3v) is 4.79. The van der Waals surface area contributed by atoms with E-state index in [4.69, 9.17) is 4.74 Å². The van der Waals surface area contributed by atoms with Crippen LogP contribution in [-0.2, 0) is 31.7 Å². The number of hydrogen-bond donors (Lipinski definition) is 1. The van der Waals surface area contributed by atoms with Crippen LogP contribution in [0.1, 0.15) is 16.7 Å². The summed E-state index contributed by atoms with van der Waals surface area (Å²) in [6, 6.07) is 9.71. The molecule has 7 heteroatoms. The van der Waals surface area contributed by atoms with Crippen molar-refractivity contribution < 1.29 is 17.9 Å². The number of nitrogens with one attached hydrogen (secondary N) is 1. The zero-order valence-corrected chi connectivity index (χ0v) is 14.4. The maximum absolute atomic E-state index is 12.4. The van der Waals surface area contributed by atoms with Crippen LogP contribution in [0.3, 0.4) is 0 Å². The molecule has 0 fully saturated rings. The highest BCUT2D eigenvalue weighted by molar-refractivity contribution is 7.88. The second-order valence-electron chi connectivity index (χ2n) is 5.50. The first-order chi connectivity index (χ1) is 11.4. The highest BCUT2D eigenvalue weighted by Gasteiger charge is 2.25. The van der Waals surface area contributed by atoms with E-state index in [0.29, 0.717) is 5.56 Å². The Balaban J connectivity index is 2.14. The third-order valence-electron chi connectivity index (χ3n) is 3.44. The summed E-state index contributed by atoms with van der Waals surface area (Å²) in [4.78, 5) is 15.8. The zero-order valence-electron chi connectivity index (χ0n) is 13.6. The molecule has 128 valence electrons. The molecule has 0 spiro atoms. The fourth-order valence-corrected chi connectivity index (χ4v) is 3.66. The van der Waals surface area contributed by atoms with Gasteiger partial charge in [0.25, 0.3) is 0 Å². The molecule has 0 radical (unpaired) electrons. The largest absolute Gasteiger partial charge is 0.468 e. The fourth-order valence-electron chi connectivity index (χ4n) is 2.35. The van der Waals surface area contributed by atoms with Gasteiger partial charge in [0.05, 0.1) is 12.9 Å². The predicted octanol–water partition coefficient (Wildman–Crippen LogP) is 1.59. The van der Waals surface area contributed by atoms with E-state index in [-0.39, 0.29) is 12.2 Å². The number of nitrogens with zero attached hydrogens (tertiary/aromatic N) is 1. The Morgan fingerprint density at radius 1 is 1.21 bits per heavy atom. The number of ether oxygens (including phenoxy) is 1. The first-order valence-electron chi connectivity index (χ1n) is 7.42. The standard InChI is InChI=1S/C17H20N2O4S/c1-13-4-3-5-15(10-13)12-24(21,22)19-16(17(20)23-2)11-14-6-8-18-9-7-14/h3-10,16,19H,11-12H2,1-2H3. The van der Waals surface area contributed by atoms with Crippen LogP contribution in [-0.4, -0.2) is 32.5 Å². The molecule has 1 aromatic carbocycles. The number of sulfonamides is 1. The Bertz CT molecular complexity index is 791. The Hall–Kier alpha value is -2.25. The minimum absolute atomic E-state index is 0.196. The van der Waals surface area contributed by atoms with Crippen LogP contribution in [0.25, 0.3) is 0 Å². The zero-order chi connectivity index (χ0) is 17.6. The summed E-state index contributed by atoms with van der Waals surface area (Å²) < 4.78 is 32.0. The van der Waals surface area contributed by atoms with E-state index in [9.17, 15) is 13.2 Å². The Labute approximate surface area is 141 Å². The van der Waals surface area contributed by atoms with Gasteiger partial charge in [0, 0.05) is 12.4 Å². The van der Waals surface area contributed by atoms with Gasteiger partial charge in [-0.2, -0.15) is 0 Å². The lowest BCUT2D eigenvalue weighted by Crippen LogP contribution is -2.43. The van der Waals surface area contributed by atoms with Crippen molar-refractivity contribution in [2.24, 2.45) is 0 Å². The van der Waals surface area contributed by atoms with Crippen LogP contribution in [0.15, 0.2) is 48.8 Å². The van der Waals surface area contributed by atoms with E-state index in [2.05, 4.69) is 9.71 Å². The number of benzene rings is 1. The van der Waals surface area contributed by atoms with Gasteiger partial charge in [-0.15, -0.1) is 0 Å². The van der Waals surface area contributed by atoms with Crippen molar-refractivity contribution in [1.29, 1.82) is 0 Å². The van der Waals surface area contributed by atoms with Gasteiger partial charge in [0.1, 0.15) is 6.04 Å². The van der Waals surface area contributed by atoms with Crippen molar-refractivity contribution >= 4 is 16.0 Å². The molecule has 2 aromatic rings. The van der Waals surface area contributed by atoms with E-state index < -0.39 is 22.0 Å². The number of carbonyl (C=O) groups excluding carboxylic acids is 1. The molecule has 0 bridgehead atoms. The summed E-state index contributed by atoms with van der Waals surface area (Å²) in [6.07, 6.45) is 3.37. The highest BCUT2D eigenvalue weighted by atomic mass is 32.2. The molecule has 0 saturated heterocycles. The SMILES string of the molecule is COC(=O)C(Cc1ccncc1)NS(=O)(=O)Cc1cccc(C)c1. The molecular weight excluding hydrogens is 328 g/mol. The topological polar surface area (TPSA) is 85.4 Å². The first kappa shape index (κ1) is 18.1. The molecule has 1 heterocycles. The van der Waals surface area contributed by atoms with Crippen LogP contribution < -0.4 is 4.72 Å². The molecule has 24 heavy (non-hydrogen) atoms. The summed E-state index contributed by atoms with van der Waals surface area (Å²) in [7, 11) is -2.46. The molecule has 2 rings (SSSR count). The lowest BCUT2D eigenvalue weighted by atomic mass is 10.1. The van der Waals surface area contributed by atoms with Crippen molar-refractivity contribution in [1.82, 2.24) is 9.71 Å². The summed E-state index contributed by atoms with van der Waals surface area (Å²) >= 11 is 0. The van der Waals surface area contributed by atoms with Crippen molar-refractivity contribution in [2.75, 3.05) is 7.11 Å². The molecule has 1 aromatic heterocycles. The Morgan fingerprint density at radius 3 is 2.54 bits per heavy atom. The number of esters is 1. The average Bonchev–Trinajstić information content (AvgIpc) is 2.53. The van der Waals surface area contributed by atoms with Crippen LogP contribution in [0.4, 0.5) is 0 Å². The normalized spacial score (nSPS) is 12.6. The van der Waals surface area contributed by atoms with Crippen molar-refractivity contribution in [3.63, 3.8) is 0 Å². The van der Waals surface area contributed by atoms with Gasteiger partial charge in [-0.3, -0.25) is 9.78 Å². The summed E-state index contributed by atoms with van der Waals surface area (Å²) in [5.41, 5.74) is 2.43. The van der Waals surface area contributed by atoms with Gasteiger partial charge >= 0.3 is 5.97 Å².